The highest BCUT2D eigenvalue weighted by Crippen LogP contribution is 2.27. The molecule has 138 valence electrons. The third-order valence-electron chi connectivity index (χ3n) is 3.80. The summed E-state index contributed by atoms with van der Waals surface area (Å²) in [5, 5.41) is 17.9. The van der Waals surface area contributed by atoms with Crippen LogP contribution in [0.1, 0.15) is 32.0 Å². The van der Waals surface area contributed by atoms with Crippen LogP contribution in [0.4, 0.5) is 5.82 Å². The summed E-state index contributed by atoms with van der Waals surface area (Å²) < 4.78 is 0.204. The van der Waals surface area contributed by atoms with Crippen molar-refractivity contribution in [2.24, 2.45) is 0 Å². The van der Waals surface area contributed by atoms with Gasteiger partial charge in [0, 0.05) is 16.2 Å². The molecule has 1 aromatic heterocycles. The van der Waals surface area contributed by atoms with E-state index in [4.69, 9.17) is 5.11 Å². The summed E-state index contributed by atoms with van der Waals surface area (Å²) in [5.74, 6) is -0.738. The van der Waals surface area contributed by atoms with Crippen LogP contribution in [-0.4, -0.2) is 27.2 Å². The van der Waals surface area contributed by atoms with Crippen molar-refractivity contribution in [3.8, 4) is 0 Å². The number of hydrogen-bond acceptors (Lipinski definition) is 4. The third kappa shape index (κ3) is 4.58. The minimum atomic E-state index is -1.16. The molecule has 3 rings (SSSR count). The van der Waals surface area contributed by atoms with Gasteiger partial charge in [-0.25, -0.2) is 4.79 Å². The van der Waals surface area contributed by atoms with Crippen LogP contribution in [0.2, 0.25) is 0 Å². The van der Waals surface area contributed by atoms with Crippen LogP contribution < -0.4 is 5.32 Å². The van der Waals surface area contributed by atoms with E-state index >= 15 is 0 Å². The summed E-state index contributed by atoms with van der Waals surface area (Å²) in [6.07, 6.45) is 0. The number of nitrogens with one attached hydrogen (secondary N) is 2. The number of aromatic nitrogens is 2. The fourth-order valence-electron chi connectivity index (χ4n) is 2.46. The largest absolute Gasteiger partial charge is 0.476 e. The van der Waals surface area contributed by atoms with Gasteiger partial charge < -0.3 is 10.4 Å². The zero-order valence-corrected chi connectivity index (χ0v) is 16.7. The van der Waals surface area contributed by atoms with Gasteiger partial charge in [-0.1, -0.05) is 35.9 Å². The van der Waals surface area contributed by atoms with Gasteiger partial charge in [-0.15, -0.1) is 11.8 Å². The Kier molecular flexibility index (Phi) is 5.98. The molecule has 0 atom stereocenters. The molecule has 0 aliphatic heterocycles. The first-order chi connectivity index (χ1) is 13.0. The Morgan fingerprint density at radius 2 is 2.00 bits per heavy atom. The van der Waals surface area contributed by atoms with Gasteiger partial charge in [-0.05, 0) is 46.6 Å². The first kappa shape index (κ1) is 19.2. The third-order valence-corrected chi connectivity index (χ3v) is 5.61. The van der Waals surface area contributed by atoms with Gasteiger partial charge >= 0.3 is 5.97 Å². The predicted molar refractivity (Wildman–Crippen MR) is 108 cm³/mol. The van der Waals surface area contributed by atoms with Crippen LogP contribution in [0.5, 0.6) is 0 Å². The lowest BCUT2D eigenvalue weighted by atomic mass is 10.1. The Balaban J connectivity index is 1.77. The molecule has 6 nitrogen and oxygen atoms in total. The number of rotatable bonds is 6. The number of nitrogens with zero attached hydrogens (tertiary/aromatic N) is 1. The second-order valence-corrected chi connectivity index (χ2v) is 7.62. The first-order valence-corrected chi connectivity index (χ1v) is 9.79. The summed E-state index contributed by atoms with van der Waals surface area (Å²) in [6, 6.07) is 15.5. The van der Waals surface area contributed by atoms with E-state index in [1.54, 1.807) is 23.9 Å². The highest BCUT2D eigenvalue weighted by molar-refractivity contribution is 9.10. The monoisotopic (exact) mass is 445 g/mol. The summed E-state index contributed by atoms with van der Waals surface area (Å²) in [5.41, 5.74) is 2.47. The smallest absolute Gasteiger partial charge is 0.355 e. The second-order valence-electron chi connectivity index (χ2n) is 5.78. The molecule has 3 N–H and O–H groups in total. The molecule has 0 spiro atoms. The van der Waals surface area contributed by atoms with Crippen LogP contribution in [0.3, 0.4) is 0 Å². The molecule has 27 heavy (non-hydrogen) atoms. The van der Waals surface area contributed by atoms with Gasteiger partial charge in [0.15, 0.2) is 11.5 Å². The maximum Gasteiger partial charge on any atom is 0.355 e. The van der Waals surface area contributed by atoms with Gasteiger partial charge in [0.2, 0.25) is 0 Å². The predicted octanol–water partition coefficient (Wildman–Crippen LogP) is 4.72. The number of thioether (sulfide) groups is 1. The topological polar surface area (TPSA) is 95.1 Å². The molecule has 3 aromatic rings. The quantitative estimate of drug-likeness (QED) is 0.476. The van der Waals surface area contributed by atoms with Crippen LogP contribution in [0.25, 0.3) is 0 Å². The van der Waals surface area contributed by atoms with E-state index in [-0.39, 0.29) is 21.9 Å². The number of amides is 1. The van der Waals surface area contributed by atoms with Crippen molar-refractivity contribution < 1.29 is 14.7 Å². The number of hydrogen-bond donors (Lipinski definition) is 3. The number of anilines is 1. The van der Waals surface area contributed by atoms with Crippen molar-refractivity contribution in [3.63, 3.8) is 0 Å². The van der Waals surface area contributed by atoms with Crippen molar-refractivity contribution in [3.05, 3.63) is 75.4 Å². The Morgan fingerprint density at radius 3 is 2.70 bits per heavy atom. The number of benzene rings is 2. The van der Waals surface area contributed by atoms with Gasteiger partial charge in [0.1, 0.15) is 0 Å². The number of carbonyl (C=O) groups excluding carboxylic acids is 1. The molecule has 0 fully saturated rings. The first-order valence-electron chi connectivity index (χ1n) is 8.01. The maximum absolute atomic E-state index is 12.7. The van der Waals surface area contributed by atoms with E-state index in [2.05, 4.69) is 37.5 Å². The van der Waals surface area contributed by atoms with Crippen molar-refractivity contribution in [1.29, 1.82) is 0 Å². The molecule has 1 heterocycles. The molecule has 0 bridgehead atoms. The molecule has 0 aliphatic rings. The number of H-pyrrole nitrogens is 1. The number of aryl methyl sites for hydroxylation is 1. The number of carbonyl (C=O) groups is 2. The van der Waals surface area contributed by atoms with E-state index in [0.29, 0.717) is 11.3 Å². The summed E-state index contributed by atoms with van der Waals surface area (Å²) in [4.78, 5) is 24.9. The number of carboxylic acid groups (broad SMARTS) is 1. The highest BCUT2D eigenvalue weighted by Gasteiger charge is 2.19. The summed E-state index contributed by atoms with van der Waals surface area (Å²) in [7, 11) is 0. The second kappa shape index (κ2) is 8.41. The van der Waals surface area contributed by atoms with Gasteiger partial charge in [0.25, 0.3) is 5.91 Å². The number of halogens is 1. The SMILES string of the molecule is Cc1cccc(SCc2ccccc2C(=O)Nc2n[nH]c(C(=O)O)c2Br)c1. The number of aromatic amines is 1. The molecule has 8 heteroatoms. The lowest BCUT2D eigenvalue weighted by Crippen LogP contribution is -2.14. The summed E-state index contributed by atoms with van der Waals surface area (Å²) in [6.45, 7) is 2.04. The van der Waals surface area contributed by atoms with Crippen LogP contribution in [-0.2, 0) is 5.75 Å². The molecule has 0 unspecified atom stereocenters. The zero-order valence-electron chi connectivity index (χ0n) is 14.3. The van der Waals surface area contributed by atoms with E-state index in [9.17, 15) is 9.59 Å². The van der Waals surface area contributed by atoms with E-state index in [1.165, 1.54) is 5.56 Å². The van der Waals surface area contributed by atoms with E-state index in [1.807, 2.05) is 37.3 Å². The molecular weight excluding hydrogens is 430 g/mol. The molecular formula is C19H16BrN3O3S. The average Bonchev–Trinajstić information content (AvgIpc) is 3.01. The highest BCUT2D eigenvalue weighted by atomic mass is 79.9. The van der Waals surface area contributed by atoms with Gasteiger partial charge in [0.05, 0.1) is 4.47 Å². The fraction of sp³-hybridized carbons (Fsp3) is 0.105. The lowest BCUT2D eigenvalue weighted by Gasteiger charge is -2.09. The Bertz CT molecular complexity index is 1000. The van der Waals surface area contributed by atoms with Crippen LogP contribution in [0.15, 0.2) is 57.9 Å². The Labute approximate surface area is 168 Å². The van der Waals surface area contributed by atoms with Crippen LogP contribution in [0, 0.1) is 6.92 Å². The van der Waals surface area contributed by atoms with Crippen molar-refractivity contribution in [1.82, 2.24) is 10.2 Å². The molecule has 2 aromatic carbocycles. The van der Waals surface area contributed by atoms with Crippen molar-refractivity contribution >= 4 is 45.4 Å². The van der Waals surface area contributed by atoms with E-state index in [0.717, 1.165) is 10.5 Å². The Hall–Kier alpha value is -2.58. The number of carboxylic acids is 1. The maximum atomic E-state index is 12.7. The summed E-state index contributed by atoms with van der Waals surface area (Å²) >= 11 is 4.79. The van der Waals surface area contributed by atoms with Crippen LogP contribution >= 0.6 is 27.7 Å². The normalized spacial score (nSPS) is 10.6. The number of aromatic carboxylic acids is 1. The minimum absolute atomic E-state index is 0.117. The minimum Gasteiger partial charge on any atom is -0.476 e. The van der Waals surface area contributed by atoms with Gasteiger partial charge in [-0.2, -0.15) is 5.10 Å². The standard InChI is InChI=1S/C19H16BrN3O3S/c1-11-5-4-7-13(9-11)27-10-12-6-2-3-8-14(12)18(24)21-17-15(20)16(19(25)26)22-23-17/h2-9H,10H2,1H3,(H,25,26)(H2,21,22,23,24). The molecule has 0 saturated carbocycles. The van der Waals surface area contributed by atoms with E-state index < -0.39 is 5.97 Å². The average molecular weight is 446 g/mol. The van der Waals surface area contributed by atoms with Gasteiger partial charge in [-0.3, -0.25) is 9.89 Å². The fourth-order valence-corrected chi connectivity index (χ4v) is 3.93. The molecule has 0 aliphatic carbocycles. The molecule has 0 saturated heterocycles. The molecule has 1 amide bonds. The zero-order chi connectivity index (χ0) is 19.4. The lowest BCUT2D eigenvalue weighted by molar-refractivity contribution is 0.0689. The Morgan fingerprint density at radius 1 is 1.22 bits per heavy atom. The molecule has 0 radical (unpaired) electrons. The van der Waals surface area contributed by atoms with Crippen molar-refractivity contribution in [2.75, 3.05) is 5.32 Å². The van der Waals surface area contributed by atoms with Crippen molar-refractivity contribution in [2.45, 2.75) is 17.6 Å².